The highest BCUT2D eigenvalue weighted by Gasteiger charge is 2.33. The lowest BCUT2D eigenvalue weighted by atomic mass is 9.74. The number of imide groups is 1. The number of rotatable bonds is 5. The van der Waals surface area contributed by atoms with Gasteiger partial charge in [0.15, 0.2) is 0 Å². The number of hydrogen-bond donors (Lipinski definition) is 0. The van der Waals surface area contributed by atoms with Crippen LogP contribution in [0.3, 0.4) is 0 Å². The standard InChI is InChI=1S/C56H33NO4/c58-41-27-28-42(59)57(41)61-43(60)26-12-14-29-13-11-25-40-44(29)50-39-24-10-9-23-38(39)48-35-20-6-5-19-34(35)46-32-17-3-1-15-30(32)45-31-16-2-4-18-33(31)47-36-21-7-8-22-37(36)49(40)55-53(47)51(45)52(46)54(48)56(50)55/h1-11,13,15-25H,12,14,26-28H2. The molecule has 5 nitrogen and oxygen atoms in total. The van der Waals surface area contributed by atoms with Crippen molar-refractivity contribution in [3.63, 3.8) is 0 Å². The first-order chi connectivity index (χ1) is 30.1. The summed E-state index contributed by atoms with van der Waals surface area (Å²) in [4.78, 5) is 42.9. The molecule has 0 aromatic heterocycles. The van der Waals surface area contributed by atoms with E-state index in [0.717, 1.165) is 5.56 Å². The summed E-state index contributed by atoms with van der Waals surface area (Å²) in [5.41, 5.74) is 1.15. The molecule has 1 fully saturated rings. The second-order valence-electron chi connectivity index (χ2n) is 17.0. The Bertz CT molecular complexity index is 3990. The number of hydroxylamine groups is 2. The number of aryl methyl sites for hydroxylation is 1. The van der Waals surface area contributed by atoms with Crippen LogP contribution in [0.25, 0.3) is 129 Å². The molecule has 0 aliphatic carbocycles. The lowest BCUT2D eigenvalue weighted by Gasteiger charge is -2.28. The van der Waals surface area contributed by atoms with Gasteiger partial charge in [-0.2, -0.15) is 0 Å². The van der Waals surface area contributed by atoms with Crippen LogP contribution in [0.4, 0.5) is 0 Å². The lowest BCUT2D eigenvalue weighted by molar-refractivity contribution is -0.197. The van der Waals surface area contributed by atoms with E-state index in [2.05, 4.69) is 140 Å². The van der Waals surface area contributed by atoms with Crippen molar-refractivity contribution in [1.29, 1.82) is 0 Å². The third kappa shape index (κ3) is 4.08. The van der Waals surface area contributed by atoms with Gasteiger partial charge in [0, 0.05) is 19.3 Å². The van der Waals surface area contributed by atoms with Crippen LogP contribution in [0, 0.1) is 0 Å². The molecule has 0 spiro atoms. The Morgan fingerprint density at radius 1 is 0.377 bits per heavy atom. The molecule has 14 rings (SSSR count). The smallest absolute Gasteiger partial charge is 0.330 e. The quantitative estimate of drug-likeness (QED) is 0.0991. The second-order valence-corrected chi connectivity index (χ2v) is 17.0. The fourth-order valence-electron chi connectivity index (χ4n) is 11.9. The molecule has 1 aliphatic rings. The normalized spacial score (nSPS) is 14.1. The fourth-order valence-corrected chi connectivity index (χ4v) is 11.9. The van der Waals surface area contributed by atoms with E-state index in [1.165, 1.54) is 129 Å². The van der Waals surface area contributed by atoms with Crippen molar-refractivity contribution in [1.82, 2.24) is 5.06 Å². The van der Waals surface area contributed by atoms with E-state index in [1.807, 2.05) is 0 Å². The molecule has 5 heteroatoms. The van der Waals surface area contributed by atoms with Gasteiger partial charge in [0.05, 0.1) is 0 Å². The van der Waals surface area contributed by atoms with Crippen LogP contribution in [0.5, 0.6) is 0 Å². The molecule has 13 aromatic rings. The van der Waals surface area contributed by atoms with E-state index in [4.69, 9.17) is 4.84 Å². The molecule has 1 saturated heterocycles. The molecule has 0 bridgehead atoms. The topological polar surface area (TPSA) is 63.7 Å². The zero-order chi connectivity index (χ0) is 40.2. The highest BCUT2D eigenvalue weighted by molar-refractivity contribution is 6.60. The Balaban J connectivity index is 1.23. The Morgan fingerprint density at radius 2 is 0.689 bits per heavy atom. The van der Waals surface area contributed by atoms with E-state index >= 15 is 0 Å². The van der Waals surface area contributed by atoms with Crippen molar-refractivity contribution >= 4 is 147 Å². The van der Waals surface area contributed by atoms with Crippen LogP contribution in [0.15, 0.2) is 140 Å². The van der Waals surface area contributed by atoms with Crippen LogP contribution >= 0.6 is 0 Å². The van der Waals surface area contributed by atoms with Gasteiger partial charge in [-0.3, -0.25) is 9.59 Å². The van der Waals surface area contributed by atoms with E-state index in [1.54, 1.807) is 0 Å². The summed E-state index contributed by atoms with van der Waals surface area (Å²) in [5, 5.41) is 31.1. The predicted octanol–water partition coefficient (Wildman–Crippen LogP) is 13.8. The second kappa shape index (κ2) is 11.8. The van der Waals surface area contributed by atoms with E-state index in [9.17, 15) is 14.4 Å². The Hall–Kier alpha value is -7.63. The fraction of sp³-hybridized carbons (Fsp3) is 0.0893. The molecule has 1 heterocycles. The maximum Gasteiger partial charge on any atom is 0.333 e. The van der Waals surface area contributed by atoms with Gasteiger partial charge in [0.2, 0.25) is 0 Å². The Kier molecular flexibility index (Phi) is 6.41. The number of benzene rings is 13. The number of carbonyl (C=O) groups excluding carboxylic acids is 3. The van der Waals surface area contributed by atoms with Crippen LogP contribution in [0.2, 0.25) is 0 Å². The summed E-state index contributed by atoms with van der Waals surface area (Å²) in [5.74, 6) is -1.50. The van der Waals surface area contributed by atoms with Crippen LogP contribution < -0.4 is 0 Å². The summed E-state index contributed by atoms with van der Waals surface area (Å²) < 4.78 is 0. The summed E-state index contributed by atoms with van der Waals surface area (Å²) >= 11 is 0. The Labute approximate surface area is 347 Å². The average molecular weight is 784 g/mol. The number of amides is 2. The molecule has 1 aliphatic heterocycles. The molecule has 0 N–H and O–H groups in total. The third-order valence-corrected chi connectivity index (χ3v) is 14.0. The maximum atomic E-state index is 13.1. The molecule has 0 radical (unpaired) electrons. The van der Waals surface area contributed by atoms with Gasteiger partial charge in [-0.05, 0) is 148 Å². The minimum Gasteiger partial charge on any atom is -0.330 e. The number of hydrogen-bond acceptors (Lipinski definition) is 4. The zero-order valence-corrected chi connectivity index (χ0v) is 32.9. The minimum absolute atomic E-state index is 0.0697. The molecule has 2 amide bonds. The molecule has 0 saturated carbocycles. The van der Waals surface area contributed by atoms with Crippen LogP contribution in [-0.4, -0.2) is 22.8 Å². The van der Waals surface area contributed by atoms with E-state index < -0.39 is 17.8 Å². The minimum atomic E-state index is -0.572. The highest BCUT2D eigenvalue weighted by atomic mass is 16.7. The maximum absolute atomic E-state index is 13.1. The molecule has 61 heavy (non-hydrogen) atoms. The van der Waals surface area contributed by atoms with Crippen LogP contribution in [-0.2, 0) is 25.6 Å². The van der Waals surface area contributed by atoms with Gasteiger partial charge in [-0.15, -0.1) is 5.06 Å². The van der Waals surface area contributed by atoms with E-state index in [0.29, 0.717) is 17.9 Å². The molecule has 0 unspecified atom stereocenters. The van der Waals surface area contributed by atoms with Gasteiger partial charge in [-0.1, -0.05) is 140 Å². The predicted molar refractivity (Wildman–Crippen MR) is 250 cm³/mol. The number of carbonyl (C=O) groups is 3. The van der Waals surface area contributed by atoms with Crippen molar-refractivity contribution in [2.45, 2.75) is 32.1 Å². The van der Waals surface area contributed by atoms with Crippen molar-refractivity contribution in [2.24, 2.45) is 0 Å². The molecular weight excluding hydrogens is 751 g/mol. The summed E-state index contributed by atoms with van der Waals surface area (Å²) in [7, 11) is 0. The largest absolute Gasteiger partial charge is 0.333 e. The third-order valence-electron chi connectivity index (χ3n) is 14.0. The van der Waals surface area contributed by atoms with Crippen molar-refractivity contribution in [2.75, 3.05) is 0 Å². The lowest BCUT2D eigenvalue weighted by Crippen LogP contribution is -2.31. The van der Waals surface area contributed by atoms with Gasteiger partial charge in [-0.25, -0.2) is 4.79 Å². The molecule has 13 aromatic carbocycles. The van der Waals surface area contributed by atoms with Crippen LogP contribution in [0.1, 0.15) is 31.2 Å². The first-order valence-corrected chi connectivity index (χ1v) is 21.2. The summed E-state index contributed by atoms with van der Waals surface area (Å²) in [6, 6.07) is 51.7. The molecule has 286 valence electrons. The van der Waals surface area contributed by atoms with Crippen molar-refractivity contribution < 1.29 is 19.2 Å². The van der Waals surface area contributed by atoms with Crippen molar-refractivity contribution in [3.8, 4) is 0 Å². The first kappa shape index (κ1) is 33.2. The summed E-state index contributed by atoms with van der Waals surface area (Å²) in [6.07, 6.45) is 1.32. The first-order valence-electron chi connectivity index (χ1n) is 21.2. The highest BCUT2D eigenvalue weighted by Crippen LogP contribution is 2.59. The monoisotopic (exact) mass is 783 g/mol. The van der Waals surface area contributed by atoms with Gasteiger partial charge in [0.1, 0.15) is 0 Å². The SMILES string of the molecule is O=C(CCCc1cccc2c1c1c3ccccc3c3c4ccccc4c4c5ccccc5c5c6ccccc6c6c7ccccc7c2c2c6c5c4c3c12)ON1C(=O)CCC1=O. The molecule has 0 atom stereocenters. The Morgan fingerprint density at radius 3 is 1.07 bits per heavy atom. The van der Waals surface area contributed by atoms with Gasteiger partial charge < -0.3 is 4.84 Å². The summed E-state index contributed by atoms with van der Waals surface area (Å²) in [6.45, 7) is 0. The van der Waals surface area contributed by atoms with Gasteiger partial charge >= 0.3 is 5.97 Å². The van der Waals surface area contributed by atoms with Crippen molar-refractivity contribution in [3.05, 3.63) is 145 Å². The number of nitrogens with zero attached hydrogens (tertiary/aromatic N) is 1. The zero-order valence-electron chi connectivity index (χ0n) is 32.9. The van der Waals surface area contributed by atoms with E-state index in [-0.39, 0.29) is 19.3 Å². The number of fused-ring (bicyclic) bond motifs is 18. The average Bonchev–Trinajstić information content (AvgIpc) is 3.62. The molecular formula is C56H33NO4. The van der Waals surface area contributed by atoms with Gasteiger partial charge in [0.25, 0.3) is 11.8 Å².